The number of benzene rings is 2. The van der Waals surface area contributed by atoms with Crippen molar-refractivity contribution in [2.75, 3.05) is 11.6 Å². The van der Waals surface area contributed by atoms with E-state index in [4.69, 9.17) is 0 Å². The van der Waals surface area contributed by atoms with Gasteiger partial charge in [-0.3, -0.25) is 10.1 Å². The molecule has 116 valence electrons. The van der Waals surface area contributed by atoms with Gasteiger partial charge in [0.15, 0.2) is 5.13 Å². The Balaban J connectivity index is 1.83. The van der Waals surface area contributed by atoms with Crippen molar-refractivity contribution in [3.8, 4) is 11.3 Å². The molecule has 0 saturated heterocycles. The SMILES string of the molecule is CSc1cccc(Nc2nc(-c3cccc([N+](=O)[O-])c3)cs2)c1. The van der Waals surface area contributed by atoms with Crippen molar-refractivity contribution < 1.29 is 4.92 Å². The Morgan fingerprint density at radius 3 is 2.83 bits per heavy atom. The van der Waals surface area contributed by atoms with E-state index >= 15 is 0 Å². The molecule has 0 aliphatic carbocycles. The summed E-state index contributed by atoms with van der Waals surface area (Å²) in [6.45, 7) is 0. The number of nitro groups is 1. The van der Waals surface area contributed by atoms with Crippen LogP contribution in [0.2, 0.25) is 0 Å². The molecule has 0 bridgehead atoms. The van der Waals surface area contributed by atoms with E-state index in [1.54, 1.807) is 17.8 Å². The second-order valence-corrected chi connectivity index (χ2v) is 6.44. The van der Waals surface area contributed by atoms with Crippen molar-refractivity contribution in [1.29, 1.82) is 0 Å². The third kappa shape index (κ3) is 3.69. The fourth-order valence-corrected chi connectivity index (χ4v) is 3.27. The van der Waals surface area contributed by atoms with E-state index in [1.807, 2.05) is 35.9 Å². The van der Waals surface area contributed by atoms with Crippen LogP contribution >= 0.6 is 23.1 Å². The van der Waals surface area contributed by atoms with Crippen LogP contribution in [0, 0.1) is 10.1 Å². The number of thioether (sulfide) groups is 1. The number of nitro benzene ring substituents is 1. The largest absolute Gasteiger partial charge is 0.332 e. The first kappa shape index (κ1) is 15.5. The second-order valence-electron chi connectivity index (χ2n) is 4.70. The molecular formula is C16H13N3O2S2. The van der Waals surface area contributed by atoms with Crippen LogP contribution in [0.15, 0.2) is 58.8 Å². The van der Waals surface area contributed by atoms with E-state index in [1.165, 1.54) is 28.4 Å². The number of nitrogens with one attached hydrogen (secondary N) is 1. The molecular weight excluding hydrogens is 330 g/mol. The monoisotopic (exact) mass is 343 g/mol. The lowest BCUT2D eigenvalue weighted by molar-refractivity contribution is -0.384. The Labute approximate surface area is 141 Å². The first-order chi connectivity index (χ1) is 11.2. The van der Waals surface area contributed by atoms with Crippen molar-refractivity contribution in [2.24, 2.45) is 0 Å². The van der Waals surface area contributed by atoms with Gasteiger partial charge in [-0.15, -0.1) is 23.1 Å². The molecule has 0 atom stereocenters. The zero-order chi connectivity index (χ0) is 16.2. The quantitative estimate of drug-likeness (QED) is 0.392. The molecule has 0 aliphatic heterocycles. The van der Waals surface area contributed by atoms with E-state index < -0.39 is 4.92 Å². The molecule has 2 aromatic carbocycles. The predicted molar refractivity (Wildman–Crippen MR) is 95.7 cm³/mol. The van der Waals surface area contributed by atoms with Gasteiger partial charge in [0.2, 0.25) is 0 Å². The first-order valence-electron chi connectivity index (χ1n) is 6.77. The normalized spacial score (nSPS) is 10.5. The number of anilines is 2. The number of aromatic nitrogens is 1. The number of hydrogen-bond acceptors (Lipinski definition) is 6. The maximum atomic E-state index is 10.9. The number of rotatable bonds is 5. The van der Waals surface area contributed by atoms with E-state index in [9.17, 15) is 10.1 Å². The minimum absolute atomic E-state index is 0.0673. The molecule has 5 nitrogen and oxygen atoms in total. The maximum Gasteiger partial charge on any atom is 0.270 e. The second kappa shape index (κ2) is 6.80. The molecule has 0 unspecified atom stereocenters. The summed E-state index contributed by atoms with van der Waals surface area (Å²) in [6.07, 6.45) is 2.03. The van der Waals surface area contributed by atoms with E-state index in [0.717, 1.165) is 22.1 Å². The number of hydrogen-bond donors (Lipinski definition) is 1. The third-order valence-corrected chi connectivity index (χ3v) is 4.66. The van der Waals surface area contributed by atoms with Gasteiger partial charge in [0.1, 0.15) is 0 Å². The van der Waals surface area contributed by atoms with Gasteiger partial charge >= 0.3 is 0 Å². The highest BCUT2D eigenvalue weighted by Crippen LogP contribution is 2.29. The molecule has 0 fully saturated rings. The van der Waals surface area contributed by atoms with Gasteiger partial charge in [0.05, 0.1) is 10.6 Å². The molecule has 3 aromatic rings. The van der Waals surface area contributed by atoms with Crippen molar-refractivity contribution in [2.45, 2.75) is 4.90 Å². The molecule has 3 rings (SSSR count). The predicted octanol–water partition coefficient (Wildman–Crippen LogP) is 5.18. The summed E-state index contributed by atoms with van der Waals surface area (Å²) in [7, 11) is 0. The number of thiazole rings is 1. The lowest BCUT2D eigenvalue weighted by Crippen LogP contribution is -1.90. The van der Waals surface area contributed by atoms with Gasteiger partial charge in [-0.2, -0.15) is 0 Å². The zero-order valence-corrected chi connectivity index (χ0v) is 13.9. The Morgan fingerprint density at radius 1 is 1.22 bits per heavy atom. The lowest BCUT2D eigenvalue weighted by Gasteiger charge is -2.04. The van der Waals surface area contributed by atoms with Crippen LogP contribution in [0.1, 0.15) is 0 Å². The number of nitrogens with zero attached hydrogens (tertiary/aromatic N) is 2. The average Bonchev–Trinajstić information content (AvgIpc) is 3.03. The molecule has 0 saturated carbocycles. The molecule has 23 heavy (non-hydrogen) atoms. The van der Waals surface area contributed by atoms with Gasteiger partial charge in [-0.05, 0) is 24.5 Å². The van der Waals surface area contributed by atoms with Crippen LogP contribution in [0.4, 0.5) is 16.5 Å². The van der Waals surface area contributed by atoms with Crippen molar-refractivity contribution in [3.05, 3.63) is 64.0 Å². The smallest absolute Gasteiger partial charge is 0.270 e. The highest BCUT2D eigenvalue weighted by Gasteiger charge is 2.10. The Hall–Kier alpha value is -2.38. The van der Waals surface area contributed by atoms with E-state index in [2.05, 4.69) is 16.4 Å². The summed E-state index contributed by atoms with van der Waals surface area (Å²) < 4.78 is 0. The Morgan fingerprint density at radius 2 is 2.04 bits per heavy atom. The fraction of sp³-hybridized carbons (Fsp3) is 0.0625. The summed E-state index contributed by atoms with van der Waals surface area (Å²) in [4.78, 5) is 16.1. The van der Waals surface area contributed by atoms with Gasteiger partial charge < -0.3 is 5.32 Å². The lowest BCUT2D eigenvalue weighted by atomic mass is 10.1. The molecule has 0 radical (unpaired) electrons. The molecule has 7 heteroatoms. The van der Waals surface area contributed by atoms with Crippen LogP contribution in [0.5, 0.6) is 0 Å². The fourth-order valence-electron chi connectivity index (χ4n) is 2.07. The van der Waals surface area contributed by atoms with Crippen molar-refractivity contribution in [3.63, 3.8) is 0 Å². The molecule has 1 N–H and O–H groups in total. The molecule has 0 amide bonds. The van der Waals surface area contributed by atoms with Crippen molar-refractivity contribution >= 4 is 39.6 Å². The number of non-ortho nitro benzene ring substituents is 1. The summed E-state index contributed by atoms with van der Waals surface area (Å²) in [5.74, 6) is 0. The Kier molecular flexibility index (Phi) is 4.59. The standard InChI is InChI=1S/C16H13N3O2S2/c1-22-14-7-3-5-12(9-14)17-16-18-15(10-23-16)11-4-2-6-13(8-11)19(20)21/h2-10H,1H3,(H,17,18). The van der Waals surface area contributed by atoms with Crippen LogP contribution in [0.3, 0.4) is 0 Å². The molecule has 1 heterocycles. The summed E-state index contributed by atoms with van der Waals surface area (Å²) >= 11 is 3.15. The van der Waals surface area contributed by atoms with E-state index in [-0.39, 0.29) is 5.69 Å². The Bertz CT molecular complexity index is 849. The topological polar surface area (TPSA) is 68.1 Å². The van der Waals surface area contributed by atoms with Crippen molar-refractivity contribution in [1.82, 2.24) is 4.98 Å². The summed E-state index contributed by atoms with van der Waals surface area (Å²) in [5.41, 5.74) is 2.50. The van der Waals surface area contributed by atoms with Gasteiger partial charge in [0.25, 0.3) is 5.69 Å². The average molecular weight is 343 g/mol. The van der Waals surface area contributed by atoms with Gasteiger partial charge in [0, 0.05) is 33.7 Å². The maximum absolute atomic E-state index is 10.9. The molecule has 0 aliphatic rings. The minimum atomic E-state index is -0.400. The van der Waals surface area contributed by atoms with E-state index in [0.29, 0.717) is 0 Å². The van der Waals surface area contributed by atoms with Crippen LogP contribution in [-0.2, 0) is 0 Å². The van der Waals surface area contributed by atoms with Gasteiger partial charge in [-0.1, -0.05) is 18.2 Å². The van der Waals surface area contributed by atoms with Crippen LogP contribution < -0.4 is 5.32 Å². The highest BCUT2D eigenvalue weighted by molar-refractivity contribution is 7.98. The van der Waals surface area contributed by atoms with Gasteiger partial charge in [-0.25, -0.2) is 4.98 Å². The minimum Gasteiger partial charge on any atom is -0.332 e. The molecule has 1 aromatic heterocycles. The third-order valence-electron chi connectivity index (χ3n) is 3.18. The van der Waals surface area contributed by atoms with Crippen LogP contribution in [0.25, 0.3) is 11.3 Å². The first-order valence-corrected chi connectivity index (χ1v) is 8.87. The zero-order valence-electron chi connectivity index (χ0n) is 12.2. The highest BCUT2D eigenvalue weighted by atomic mass is 32.2. The van der Waals surface area contributed by atoms with Crippen LogP contribution in [-0.4, -0.2) is 16.2 Å². The molecule has 0 spiro atoms. The summed E-state index contributed by atoms with van der Waals surface area (Å²) in [5, 5.41) is 16.8. The summed E-state index contributed by atoms with van der Waals surface area (Å²) in [6, 6.07) is 14.6.